The highest BCUT2D eigenvalue weighted by Gasteiger charge is 2.39. The molecule has 0 amide bonds. The first kappa shape index (κ1) is 42.8. The fourth-order valence-electron chi connectivity index (χ4n) is 4.45. The van der Waals surface area contributed by atoms with Gasteiger partial charge in [-0.25, -0.2) is 0 Å². The Morgan fingerprint density at radius 2 is 1.56 bits per heavy atom. The van der Waals surface area contributed by atoms with Crippen molar-refractivity contribution in [2.24, 2.45) is 0 Å². The van der Waals surface area contributed by atoms with Gasteiger partial charge in [0.15, 0.2) is 5.79 Å². The molecular formula is C26H61N5O12Si2. The van der Waals surface area contributed by atoms with Crippen molar-refractivity contribution < 1.29 is 57.9 Å². The van der Waals surface area contributed by atoms with E-state index in [-0.39, 0.29) is 71.1 Å². The first-order chi connectivity index (χ1) is 21.2. The Balaban J connectivity index is 2.61. The molecule has 0 radical (unpaired) electrons. The molecule has 1 saturated heterocycles. The summed E-state index contributed by atoms with van der Waals surface area (Å²) in [5, 5.41) is 44.4. The zero-order chi connectivity index (χ0) is 33.6. The molecule has 3 unspecified atom stereocenters. The molecular weight excluding hydrogens is 630 g/mol. The first-order valence-electron chi connectivity index (χ1n) is 15.9. The molecule has 1 aliphatic heterocycles. The Kier molecular flexibility index (Phi) is 22.8. The highest BCUT2D eigenvalue weighted by molar-refractivity contribution is 6.57. The number of nitrogens with zero attached hydrogens (tertiary/aromatic N) is 1. The van der Waals surface area contributed by atoms with Crippen LogP contribution in [-0.4, -0.2) is 191 Å². The lowest BCUT2D eigenvalue weighted by Gasteiger charge is -2.32. The van der Waals surface area contributed by atoms with Gasteiger partial charge in [-0.3, -0.25) is 4.90 Å². The summed E-state index contributed by atoms with van der Waals surface area (Å²) in [7, 11) is -8.19. The van der Waals surface area contributed by atoms with Gasteiger partial charge in [0.2, 0.25) is 0 Å². The SMILES string of the molecule is CC1(C)OCC(O)CNCCNCCNCCNCCN(CC(O)COCCC[Si](O)(O)O)CC(O)COCCC[Si](O)(O)O1. The first-order valence-corrected chi connectivity index (χ1v) is 19.9. The average Bonchev–Trinajstić information content (AvgIpc) is 2.92. The van der Waals surface area contributed by atoms with Crippen molar-refractivity contribution >= 4 is 17.6 Å². The van der Waals surface area contributed by atoms with Crippen molar-refractivity contribution in [3.63, 3.8) is 0 Å². The molecule has 270 valence electrons. The molecule has 0 saturated carbocycles. The van der Waals surface area contributed by atoms with Gasteiger partial charge < -0.3 is 79.2 Å². The summed E-state index contributed by atoms with van der Waals surface area (Å²) >= 11 is 0. The van der Waals surface area contributed by atoms with Crippen LogP contribution in [0.3, 0.4) is 0 Å². The van der Waals surface area contributed by atoms with Crippen LogP contribution in [0.2, 0.25) is 12.1 Å². The minimum absolute atomic E-state index is 0.0103. The fraction of sp³-hybridized carbons (Fsp3) is 1.00. The maximum Gasteiger partial charge on any atom is 0.497 e. The summed E-state index contributed by atoms with van der Waals surface area (Å²) in [4.78, 5) is 50.0. The summed E-state index contributed by atoms with van der Waals surface area (Å²) in [6, 6.07) is -0.177. The van der Waals surface area contributed by atoms with Crippen molar-refractivity contribution in [3.8, 4) is 0 Å². The monoisotopic (exact) mass is 691 g/mol. The standard InChI is InChI=1S/C26H61N5O12Si2/c1-26(2)42-22-23(32)17-30-10-9-28-6-5-27-7-8-29-11-12-31(18-24(33)20-40-13-3-15-44(35,36)37)19-25(34)21-41-14-4-16-45(38,39)43-26/h23-25,27-30,32-39H,3-22H2,1-2H3. The van der Waals surface area contributed by atoms with Gasteiger partial charge in [-0.1, -0.05) is 0 Å². The van der Waals surface area contributed by atoms with E-state index in [4.69, 9.17) is 33.0 Å². The second-order valence-electron chi connectivity index (χ2n) is 11.9. The largest absolute Gasteiger partial charge is 0.497 e. The van der Waals surface area contributed by atoms with Crippen LogP contribution in [-0.2, 0) is 18.6 Å². The number of β-amino-alcohol motifs (C(OH)–C–C–N with tert-alkyl or cyclic N) is 3. The number of rotatable bonds is 8. The Morgan fingerprint density at radius 3 is 2.20 bits per heavy atom. The van der Waals surface area contributed by atoms with E-state index < -0.39 is 41.7 Å². The van der Waals surface area contributed by atoms with E-state index in [1.54, 1.807) is 13.8 Å². The molecule has 0 spiro atoms. The fourth-order valence-corrected chi connectivity index (χ4v) is 6.63. The van der Waals surface area contributed by atoms with E-state index in [1.165, 1.54) is 0 Å². The van der Waals surface area contributed by atoms with Crippen molar-refractivity contribution in [1.82, 2.24) is 26.2 Å². The molecule has 3 atom stereocenters. The van der Waals surface area contributed by atoms with Gasteiger partial charge in [-0.15, -0.1) is 0 Å². The van der Waals surface area contributed by atoms with Crippen LogP contribution in [0.15, 0.2) is 0 Å². The molecule has 1 heterocycles. The molecule has 0 aliphatic carbocycles. The third kappa shape index (κ3) is 26.4. The van der Waals surface area contributed by atoms with E-state index in [9.17, 15) is 24.9 Å². The third-order valence-electron chi connectivity index (χ3n) is 6.60. The van der Waals surface area contributed by atoms with Crippen LogP contribution in [0.5, 0.6) is 0 Å². The maximum atomic E-state index is 10.6. The van der Waals surface area contributed by atoms with Crippen LogP contribution in [0.1, 0.15) is 26.7 Å². The Morgan fingerprint density at radius 1 is 0.933 bits per heavy atom. The normalized spacial score (nSPS) is 26.5. The summed E-state index contributed by atoms with van der Waals surface area (Å²) in [6.07, 6.45) is -1.96. The van der Waals surface area contributed by atoms with Crippen molar-refractivity contribution in [2.75, 3.05) is 105 Å². The van der Waals surface area contributed by atoms with E-state index in [0.717, 1.165) is 32.7 Å². The van der Waals surface area contributed by atoms with Crippen LogP contribution in [0, 0.1) is 0 Å². The van der Waals surface area contributed by atoms with Gasteiger partial charge in [0.05, 0.1) is 38.1 Å². The summed E-state index contributed by atoms with van der Waals surface area (Å²) in [5.74, 6) is -1.31. The van der Waals surface area contributed by atoms with Gasteiger partial charge in [-0.2, -0.15) is 0 Å². The topological polar surface area (TPSA) is 250 Å². The molecule has 19 heteroatoms. The smallest absolute Gasteiger partial charge is 0.390 e. The molecule has 0 aromatic heterocycles. The average molecular weight is 692 g/mol. The minimum Gasteiger partial charge on any atom is -0.390 e. The Labute approximate surface area is 269 Å². The second kappa shape index (κ2) is 24.0. The lowest BCUT2D eigenvalue weighted by molar-refractivity contribution is -0.193. The van der Waals surface area contributed by atoms with Gasteiger partial charge in [0.1, 0.15) is 0 Å². The molecule has 0 aromatic carbocycles. The molecule has 0 aromatic rings. The molecule has 1 rings (SSSR count). The van der Waals surface area contributed by atoms with Gasteiger partial charge in [0, 0.05) is 97.3 Å². The van der Waals surface area contributed by atoms with Crippen molar-refractivity contribution in [3.05, 3.63) is 0 Å². The van der Waals surface area contributed by atoms with Crippen LogP contribution < -0.4 is 21.3 Å². The minimum atomic E-state index is -4.10. The van der Waals surface area contributed by atoms with Crippen LogP contribution >= 0.6 is 0 Å². The summed E-state index contributed by atoms with van der Waals surface area (Å²) < 4.78 is 22.0. The predicted molar refractivity (Wildman–Crippen MR) is 170 cm³/mol. The zero-order valence-electron chi connectivity index (χ0n) is 27.0. The number of nitrogens with one attached hydrogen (secondary N) is 4. The molecule has 45 heavy (non-hydrogen) atoms. The van der Waals surface area contributed by atoms with Crippen molar-refractivity contribution in [1.29, 1.82) is 0 Å². The summed E-state index contributed by atoms with van der Waals surface area (Å²) in [5.41, 5.74) is 0. The third-order valence-corrected chi connectivity index (χ3v) is 9.45. The Hall–Kier alpha value is -0.246. The molecule has 12 N–H and O–H groups in total. The predicted octanol–water partition coefficient (Wildman–Crippen LogP) is -4.83. The molecule has 17 nitrogen and oxygen atoms in total. The highest BCUT2D eigenvalue weighted by atomic mass is 28.4. The number of aliphatic hydroxyl groups excluding tert-OH is 3. The number of hydrogen-bond donors (Lipinski definition) is 12. The second-order valence-corrected chi connectivity index (χ2v) is 16.1. The number of hydrogen-bond acceptors (Lipinski definition) is 17. The van der Waals surface area contributed by atoms with Crippen LogP contribution in [0.25, 0.3) is 0 Å². The number of aliphatic hydroxyl groups is 3. The Bertz CT molecular complexity index is 730. The molecule has 1 aliphatic rings. The quantitative estimate of drug-likeness (QED) is 0.0843. The summed E-state index contributed by atoms with van der Waals surface area (Å²) in [6.45, 7) is 9.83. The molecule has 0 bridgehead atoms. The van der Waals surface area contributed by atoms with Gasteiger partial charge >= 0.3 is 17.6 Å². The van der Waals surface area contributed by atoms with Gasteiger partial charge in [0.25, 0.3) is 0 Å². The van der Waals surface area contributed by atoms with Crippen LogP contribution in [0.4, 0.5) is 0 Å². The number of ether oxygens (including phenoxy) is 3. The maximum absolute atomic E-state index is 10.6. The van der Waals surface area contributed by atoms with E-state index in [2.05, 4.69) is 21.3 Å². The lowest BCUT2D eigenvalue weighted by Crippen LogP contribution is -2.49. The van der Waals surface area contributed by atoms with Crippen molar-refractivity contribution in [2.45, 2.75) is 62.9 Å². The highest BCUT2D eigenvalue weighted by Crippen LogP contribution is 2.20. The van der Waals surface area contributed by atoms with E-state index in [0.29, 0.717) is 26.2 Å². The zero-order valence-corrected chi connectivity index (χ0v) is 29.0. The van der Waals surface area contributed by atoms with Gasteiger partial charge in [-0.05, 0) is 26.7 Å². The lowest BCUT2D eigenvalue weighted by atomic mass is 10.2. The molecule has 1 fully saturated rings. The van der Waals surface area contributed by atoms with E-state index >= 15 is 0 Å². The van der Waals surface area contributed by atoms with E-state index in [1.807, 2.05) is 4.90 Å².